The number of amides is 1. The minimum atomic E-state index is -0.186. The smallest absolute Gasteiger partial charge is 0.223 e. The van der Waals surface area contributed by atoms with Crippen molar-refractivity contribution in [2.75, 3.05) is 24.5 Å². The van der Waals surface area contributed by atoms with Crippen LogP contribution in [0.4, 0.5) is 10.1 Å². The van der Waals surface area contributed by atoms with E-state index in [1.54, 1.807) is 19.1 Å². The van der Waals surface area contributed by atoms with E-state index in [1.165, 1.54) is 38.2 Å². The number of hydrogen-bond donors (Lipinski definition) is 0. The summed E-state index contributed by atoms with van der Waals surface area (Å²) in [6.07, 6.45) is 8.78. The van der Waals surface area contributed by atoms with Crippen LogP contribution >= 0.6 is 0 Å². The van der Waals surface area contributed by atoms with Crippen molar-refractivity contribution in [3.8, 4) is 0 Å². The Morgan fingerprint density at radius 3 is 2.50 bits per heavy atom. The monoisotopic (exact) mass is 358 g/mol. The minimum Gasteiger partial charge on any atom is -0.311 e. The van der Waals surface area contributed by atoms with Crippen LogP contribution in [0, 0.1) is 11.7 Å². The van der Waals surface area contributed by atoms with Crippen molar-refractivity contribution in [1.82, 2.24) is 4.90 Å². The number of fused-ring (bicyclic) bond motifs is 2. The molecule has 3 nitrogen and oxygen atoms in total. The molecule has 1 spiro atoms. The highest BCUT2D eigenvalue weighted by Crippen LogP contribution is 2.48. The molecule has 2 heterocycles. The SMILES string of the molecule is CCC1CCC(N2CCC3(CC2)CN(C(C)=O)c2ccc(F)cc23)CC1. The Balaban J connectivity index is 1.49. The van der Waals surface area contributed by atoms with Crippen molar-refractivity contribution in [3.05, 3.63) is 29.6 Å². The summed E-state index contributed by atoms with van der Waals surface area (Å²) in [5.41, 5.74) is 1.93. The van der Waals surface area contributed by atoms with Crippen molar-refractivity contribution in [2.24, 2.45) is 5.92 Å². The lowest BCUT2D eigenvalue weighted by molar-refractivity contribution is -0.116. The predicted molar refractivity (Wildman–Crippen MR) is 103 cm³/mol. The number of benzene rings is 1. The fraction of sp³-hybridized carbons (Fsp3) is 0.682. The molecule has 1 saturated carbocycles. The van der Waals surface area contributed by atoms with Crippen molar-refractivity contribution < 1.29 is 9.18 Å². The van der Waals surface area contributed by atoms with Crippen LogP contribution in [0.5, 0.6) is 0 Å². The number of halogens is 1. The Morgan fingerprint density at radius 1 is 1.19 bits per heavy atom. The third-order valence-corrected chi connectivity index (χ3v) is 7.33. The maximum absolute atomic E-state index is 14.0. The molecule has 4 heteroatoms. The Kier molecular flexibility index (Phi) is 4.81. The molecule has 0 unspecified atom stereocenters. The van der Waals surface area contributed by atoms with Gasteiger partial charge >= 0.3 is 0 Å². The summed E-state index contributed by atoms with van der Waals surface area (Å²) < 4.78 is 14.0. The number of nitrogens with zero attached hydrogens (tertiary/aromatic N) is 2. The molecule has 4 rings (SSSR count). The molecule has 26 heavy (non-hydrogen) atoms. The largest absolute Gasteiger partial charge is 0.311 e. The van der Waals surface area contributed by atoms with Gasteiger partial charge in [-0.3, -0.25) is 4.79 Å². The molecule has 1 aliphatic carbocycles. The lowest BCUT2D eigenvalue weighted by atomic mass is 9.73. The first-order chi connectivity index (χ1) is 12.5. The van der Waals surface area contributed by atoms with Crippen LogP contribution in [-0.4, -0.2) is 36.5 Å². The van der Waals surface area contributed by atoms with Gasteiger partial charge < -0.3 is 9.80 Å². The molecular formula is C22H31FN2O. The van der Waals surface area contributed by atoms with Gasteiger partial charge in [-0.25, -0.2) is 4.39 Å². The van der Waals surface area contributed by atoms with Crippen LogP contribution < -0.4 is 4.90 Å². The quantitative estimate of drug-likeness (QED) is 0.777. The molecule has 2 aliphatic heterocycles. The summed E-state index contributed by atoms with van der Waals surface area (Å²) in [6, 6.07) is 5.68. The standard InChI is InChI=1S/C22H31FN2O/c1-3-17-4-7-19(8-5-17)24-12-10-22(11-13-24)15-25(16(2)26)21-9-6-18(23)14-20(21)22/h6,9,14,17,19H,3-5,7-8,10-13,15H2,1-2H3. The number of anilines is 1. The summed E-state index contributed by atoms with van der Waals surface area (Å²) in [5.74, 6) is 0.806. The third kappa shape index (κ3) is 3.06. The summed E-state index contributed by atoms with van der Waals surface area (Å²) >= 11 is 0. The molecule has 2 fully saturated rings. The van der Waals surface area contributed by atoms with Crippen molar-refractivity contribution in [3.63, 3.8) is 0 Å². The second-order valence-electron chi connectivity index (χ2n) is 8.67. The summed E-state index contributed by atoms with van der Waals surface area (Å²) in [6.45, 7) is 6.80. The van der Waals surface area contributed by atoms with E-state index in [9.17, 15) is 9.18 Å². The second kappa shape index (κ2) is 6.95. The number of hydrogen-bond acceptors (Lipinski definition) is 2. The average Bonchev–Trinajstić information content (AvgIpc) is 2.96. The number of likely N-dealkylation sites (tertiary alicyclic amines) is 1. The summed E-state index contributed by atoms with van der Waals surface area (Å²) in [7, 11) is 0. The fourth-order valence-electron chi connectivity index (χ4n) is 5.59. The Hall–Kier alpha value is -1.42. The highest BCUT2D eigenvalue weighted by Gasteiger charge is 2.46. The van der Waals surface area contributed by atoms with Crippen LogP contribution in [0.1, 0.15) is 64.4 Å². The van der Waals surface area contributed by atoms with Crippen LogP contribution in [0.15, 0.2) is 18.2 Å². The lowest BCUT2D eigenvalue weighted by Crippen LogP contribution is -2.49. The van der Waals surface area contributed by atoms with E-state index in [4.69, 9.17) is 0 Å². The summed E-state index contributed by atoms with van der Waals surface area (Å²) in [4.78, 5) is 16.6. The number of carbonyl (C=O) groups is 1. The van der Waals surface area contributed by atoms with Crippen LogP contribution in [0.2, 0.25) is 0 Å². The van der Waals surface area contributed by atoms with Gasteiger partial charge in [0, 0.05) is 30.6 Å². The van der Waals surface area contributed by atoms with Gasteiger partial charge in [-0.2, -0.15) is 0 Å². The zero-order chi connectivity index (χ0) is 18.3. The Labute approximate surface area is 156 Å². The molecule has 0 aromatic heterocycles. The van der Waals surface area contributed by atoms with E-state index in [0.29, 0.717) is 0 Å². The molecular weight excluding hydrogens is 327 g/mol. The average molecular weight is 359 g/mol. The number of piperidine rings is 1. The first-order valence-electron chi connectivity index (χ1n) is 10.3. The fourth-order valence-corrected chi connectivity index (χ4v) is 5.59. The molecule has 0 atom stereocenters. The van der Waals surface area contributed by atoms with Gasteiger partial charge in [0.15, 0.2) is 0 Å². The van der Waals surface area contributed by atoms with Gasteiger partial charge in [0.05, 0.1) is 0 Å². The van der Waals surface area contributed by atoms with Gasteiger partial charge in [-0.15, -0.1) is 0 Å². The van der Waals surface area contributed by atoms with E-state index in [-0.39, 0.29) is 17.1 Å². The van der Waals surface area contributed by atoms with Gasteiger partial charge in [0.1, 0.15) is 5.82 Å². The zero-order valence-corrected chi connectivity index (χ0v) is 16.1. The molecule has 0 radical (unpaired) electrons. The van der Waals surface area contributed by atoms with Gasteiger partial charge in [-0.1, -0.05) is 13.3 Å². The van der Waals surface area contributed by atoms with E-state index in [1.807, 2.05) is 4.90 Å². The molecule has 0 bridgehead atoms. The van der Waals surface area contributed by atoms with Gasteiger partial charge in [-0.05, 0) is 81.3 Å². The van der Waals surface area contributed by atoms with Crippen molar-refractivity contribution >= 4 is 11.6 Å². The molecule has 1 aromatic carbocycles. The minimum absolute atomic E-state index is 0.0553. The molecule has 0 N–H and O–H groups in total. The topological polar surface area (TPSA) is 23.6 Å². The van der Waals surface area contributed by atoms with Crippen molar-refractivity contribution in [1.29, 1.82) is 0 Å². The molecule has 1 aromatic rings. The normalized spacial score (nSPS) is 28.3. The molecule has 142 valence electrons. The lowest BCUT2D eigenvalue weighted by Gasteiger charge is -2.44. The van der Waals surface area contributed by atoms with E-state index in [2.05, 4.69) is 11.8 Å². The summed E-state index contributed by atoms with van der Waals surface area (Å²) in [5, 5.41) is 0. The molecule has 3 aliphatic rings. The van der Waals surface area contributed by atoms with Crippen LogP contribution in [-0.2, 0) is 10.2 Å². The predicted octanol–water partition coefficient (Wildman–Crippen LogP) is 4.49. The highest BCUT2D eigenvalue weighted by atomic mass is 19.1. The Bertz CT molecular complexity index is 673. The van der Waals surface area contributed by atoms with E-state index < -0.39 is 0 Å². The number of rotatable bonds is 2. The zero-order valence-electron chi connectivity index (χ0n) is 16.1. The van der Waals surface area contributed by atoms with Gasteiger partial charge in [0.2, 0.25) is 5.91 Å². The maximum atomic E-state index is 14.0. The van der Waals surface area contributed by atoms with Crippen LogP contribution in [0.3, 0.4) is 0 Å². The first-order valence-corrected chi connectivity index (χ1v) is 10.3. The van der Waals surface area contributed by atoms with E-state index >= 15 is 0 Å². The van der Waals surface area contributed by atoms with Crippen LogP contribution in [0.25, 0.3) is 0 Å². The molecule has 1 saturated heterocycles. The first kappa shape index (κ1) is 18.0. The van der Waals surface area contributed by atoms with Gasteiger partial charge in [0.25, 0.3) is 0 Å². The molecule has 1 amide bonds. The van der Waals surface area contributed by atoms with Crippen molar-refractivity contribution in [2.45, 2.75) is 70.3 Å². The highest BCUT2D eigenvalue weighted by molar-refractivity contribution is 5.94. The van der Waals surface area contributed by atoms with E-state index in [0.717, 1.165) is 55.7 Å². The maximum Gasteiger partial charge on any atom is 0.223 e. The Morgan fingerprint density at radius 2 is 1.88 bits per heavy atom. The number of carbonyl (C=O) groups excluding carboxylic acids is 1. The second-order valence-corrected chi connectivity index (χ2v) is 8.67. The third-order valence-electron chi connectivity index (χ3n) is 7.33.